The van der Waals surface area contributed by atoms with Crippen LogP contribution in [0.2, 0.25) is 0 Å². The van der Waals surface area contributed by atoms with Crippen molar-refractivity contribution in [3.63, 3.8) is 0 Å². The second kappa shape index (κ2) is 8.60. The van der Waals surface area contributed by atoms with Gasteiger partial charge in [0.15, 0.2) is 17.4 Å². The molecule has 0 aliphatic rings. The van der Waals surface area contributed by atoms with E-state index in [0.717, 1.165) is 12.1 Å². The normalized spacial score (nSPS) is 13.6. The van der Waals surface area contributed by atoms with Crippen molar-refractivity contribution in [2.24, 2.45) is 0 Å². The minimum Gasteiger partial charge on any atom is -0.484 e. The maximum absolute atomic E-state index is 13.9. The fourth-order valence-electron chi connectivity index (χ4n) is 3.35. The summed E-state index contributed by atoms with van der Waals surface area (Å²) in [6.45, 7) is -1.59. The Hall–Kier alpha value is -3.66. The van der Waals surface area contributed by atoms with Gasteiger partial charge in [-0.1, -0.05) is 12.1 Å². The first-order valence-electron chi connectivity index (χ1n) is 9.70. The van der Waals surface area contributed by atoms with Crippen LogP contribution in [0, 0.1) is 23.3 Å². The van der Waals surface area contributed by atoms with Crippen molar-refractivity contribution >= 4 is 10.8 Å². The van der Waals surface area contributed by atoms with Crippen molar-refractivity contribution in [1.29, 1.82) is 0 Å². The molecule has 3 nitrogen and oxygen atoms in total. The Kier molecular flexibility index (Phi) is 5.94. The first-order chi connectivity index (χ1) is 16.0. The summed E-state index contributed by atoms with van der Waals surface area (Å²) >= 11 is 0. The van der Waals surface area contributed by atoms with Crippen LogP contribution in [0.4, 0.5) is 30.7 Å². The van der Waals surface area contributed by atoms with E-state index >= 15 is 0 Å². The van der Waals surface area contributed by atoms with E-state index in [1.165, 1.54) is 36.5 Å². The lowest BCUT2D eigenvalue weighted by Crippen LogP contribution is -2.47. The zero-order chi connectivity index (χ0) is 24.7. The minimum atomic E-state index is -5.30. The predicted octanol–water partition coefficient (Wildman–Crippen LogP) is 6.29. The number of hydrogen-bond donors (Lipinski definition) is 1. The van der Waals surface area contributed by atoms with Crippen molar-refractivity contribution in [2.75, 3.05) is 6.61 Å². The molecule has 176 valence electrons. The molecule has 4 aromatic rings. The predicted molar refractivity (Wildman–Crippen MR) is 109 cm³/mol. The van der Waals surface area contributed by atoms with Gasteiger partial charge in [-0.3, -0.25) is 4.98 Å². The van der Waals surface area contributed by atoms with Gasteiger partial charge in [-0.2, -0.15) is 13.2 Å². The molecule has 4 rings (SSSR count). The van der Waals surface area contributed by atoms with Gasteiger partial charge in [0.2, 0.25) is 5.60 Å². The molecular formula is C24H14F7NO2. The molecule has 0 aliphatic heterocycles. The number of fused-ring (bicyclic) bond motifs is 1. The van der Waals surface area contributed by atoms with Crippen LogP contribution in [0.1, 0.15) is 5.56 Å². The summed E-state index contributed by atoms with van der Waals surface area (Å²) in [5.41, 5.74) is -3.29. The SMILES string of the molecule is OC(COc1c(F)cc(F)cc1F)(c1ccc2cc(-c3ccc(F)cc3)ncc2c1)C(F)(F)F. The smallest absolute Gasteiger partial charge is 0.424 e. The Morgan fingerprint density at radius 1 is 0.765 bits per heavy atom. The summed E-state index contributed by atoms with van der Waals surface area (Å²) in [6.07, 6.45) is -4.02. The quantitative estimate of drug-likeness (QED) is 0.341. The maximum Gasteiger partial charge on any atom is 0.424 e. The Labute approximate surface area is 188 Å². The summed E-state index contributed by atoms with van der Waals surface area (Å²) in [4.78, 5) is 4.17. The topological polar surface area (TPSA) is 42.4 Å². The van der Waals surface area contributed by atoms with E-state index in [2.05, 4.69) is 9.72 Å². The average molecular weight is 481 g/mol. The first-order valence-corrected chi connectivity index (χ1v) is 9.70. The molecule has 3 aromatic carbocycles. The molecule has 1 N–H and O–H groups in total. The van der Waals surface area contributed by atoms with Gasteiger partial charge in [0, 0.05) is 29.3 Å². The summed E-state index contributed by atoms with van der Waals surface area (Å²) in [7, 11) is 0. The van der Waals surface area contributed by atoms with E-state index in [-0.39, 0.29) is 17.5 Å². The molecule has 0 aliphatic carbocycles. The van der Waals surface area contributed by atoms with Crippen LogP contribution in [0.5, 0.6) is 5.75 Å². The Morgan fingerprint density at radius 2 is 1.41 bits per heavy atom. The largest absolute Gasteiger partial charge is 0.484 e. The highest BCUT2D eigenvalue weighted by atomic mass is 19.4. The zero-order valence-corrected chi connectivity index (χ0v) is 17.0. The second-order valence-corrected chi connectivity index (χ2v) is 7.48. The molecule has 0 spiro atoms. The molecule has 1 atom stereocenters. The molecule has 0 saturated carbocycles. The number of hydrogen-bond acceptors (Lipinski definition) is 3. The number of benzene rings is 3. The molecule has 0 fully saturated rings. The molecule has 10 heteroatoms. The maximum atomic E-state index is 13.9. The highest BCUT2D eigenvalue weighted by Crippen LogP contribution is 2.41. The van der Waals surface area contributed by atoms with Crippen molar-refractivity contribution in [1.82, 2.24) is 4.98 Å². The number of halogens is 7. The molecule has 34 heavy (non-hydrogen) atoms. The third kappa shape index (κ3) is 4.41. The monoisotopic (exact) mass is 481 g/mol. The fraction of sp³-hybridized carbons (Fsp3) is 0.125. The van der Waals surface area contributed by atoms with Gasteiger partial charge < -0.3 is 9.84 Å². The summed E-state index contributed by atoms with van der Waals surface area (Å²) in [6, 6.07) is 10.8. The first kappa shape index (κ1) is 23.5. The Bertz CT molecular complexity index is 1330. The Balaban J connectivity index is 1.69. The third-order valence-electron chi connectivity index (χ3n) is 5.20. The number of nitrogens with zero attached hydrogens (tertiary/aromatic N) is 1. The van der Waals surface area contributed by atoms with E-state index in [1.807, 2.05) is 0 Å². The Morgan fingerprint density at radius 3 is 2.03 bits per heavy atom. The highest BCUT2D eigenvalue weighted by molar-refractivity contribution is 5.86. The number of aliphatic hydroxyl groups is 1. The molecule has 1 unspecified atom stereocenters. The minimum absolute atomic E-state index is 0.227. The standard InChI is InChI=1S/C24H14F7NO2/c25-17-5-2-13(3-6-17)21-8-14-1-4-16(7-15(14)11-32-21)23(33,24(29,30)31)12-34-22-19(27)9-18(26)10-20(22)28/h1-11,33H,12H2. The van der Waals surface area contributed by atoms with Crippen LogP contribution in [-0.2, 0) is 5.60 Å². The second-order valence-electron chi connectivity index (χ2n) is 7.48. The van der Waals surface area contributed by atoms with Crippen LogP contribution in [0.3, 0.4) is 0 Å². The molecule has 1 heterocycles. The van der Waals surface area contributed by atoms with E-state index in [4.69, 9.17) is 0 Å². The van der Waals surface area contributed by atoms with E-state index in [0.29, 0.717) is 16.6 Å². The highest BCUT2D eigenvalue weighted by Gasteiger charge is 2.56. The number of rotatable bonds is 5. The van der Waals surface area contributed by atoms with Gasteiger partial charge in [-0.15, -0.1) is 0 Å². The van der Waals surface area contributed by atoms with Crippen LogP contribution in [-0.4, -0.2) is 22.9 Å². The average Bonchev–Trinajstić information content (AvgIpc) is 2.77. The summed E-state index contributed by atoms with van der Waals surface area (Å²) < 4.78 is 100.0. The van der Waals surface area contributed by atoms with Gasteiger partial charge in [0.05, 0.1) is 5.69 Å². The molecule has 0 bridgehead atoms. The molecule has 0 amide bonds. The van der Waals surface area contributed by atoms with Crippen LogP contribution in [0.15, 0.2) is 66.9 Å². The number of aromatic nitrogens is 1. The number of pyridine rings is 1. The third-order valence-corrected chi connectivity index (χ3v) is 5.20. The number of ether oxygens (including phenoxy) is 1. The van der Waals surface area contributed by atoms with Crippen molar-refractivity contribution in [2.45, 2.75) is 11.8 Å². The van der Waals surface area contributed by atoms with Gasteiger partial charge in [0.25, 0.3) is 0 Å². The lowest BCUT2D eigenvalue weighted by molar-refractivity contribution is -0.275. The van der Waals surface area contributed by atoms with E-state index in [1.54, 1.807) is 6.07 Å². The van der Waals surface area contributed by atoms with Crippen LogP contribution < -0.4 is 4.74 Å². The van der Waals surface area contributed by atoms with Gasteiger partial charge in [-0.25, -0.2) is 17.6 Å². The van der Waals surface area contributed by atoms with E-state index < -0.39 is 53.0 Å². The van der Waals surface area contributed by atoms with E-state index in [9.17, 15) is 35.8 Å². The van der Waals surface area contributed by atoms with Crippen LogP contribution in [0.25, 0.3) is 22.0 Å². The number of alkyl halides is 3. The fourth-order valence-corrected chi connectivity index (χ4v) is 3.35. The molecule has 0 saturated heterocycles. The van der Waals surface area contributed by atoms with Crippen molar-refractivity contribution in [3.05, 3.63) is 95.7 Å². The summed E-state index contributed by atoms with van der Waals surface area (Å²) in [5.74, 6) is -6.09. The molecular weight excluding hydrogens is 467 g/mol. The van der Waals surface area contributed by atoms with Crippen molar-refractivity contribution < 1.29 is 40.6 Å². The van der Waals surface area contributed by atoms with Gasteiger partial charge >= 0.3 is 6.18 Å². The summed E-state index contributed by atoms with van der Waals surface area (Å²) in [5, 5.41) is 11.2. The van der Waals surface area contributed by atoms with Crippen LogP contribution >= 0.6 is 0 Å². The van der Waals surface area contributed by atoms with Gasteiger partial charge in [0.1, 0.15) is 18.2 Å². The van der Waals surface area contributed by atoms with Crippen molar-refractivity contribution in [3.8, 4) is 17.0 Å². The lowest BCUT2D eigenvalue weighted by atomic mass is 9.92. The molecule has 1 aromatic heterocycles. The lowest BCUT2D eigenvalue weighted by Gasteiger charge is -2.31. The zero-order valence-electron chi connectivity index (χ0n) is 17.0. The van der Waals surface area contributed by atoms with Gasteiger partial charge in [-0.05, 0) is 47.3 Å². The molecule has 0 radical (unpaired) electrons.